The normalized spacial score (nSPS) is 16.3. The summed E-state index contributed by atoms with van der Waals surface area (Å²) in [5.74, 6) is 0.283. The fourth-order valence-electron chi connectivity index (χ4n) is 2.80. The molecule has 1 aromatic carbocycles. The predicted octanol–water partition coefficient (Wildman–Crippen LogP) is 1.37. The molecule has 2 aromatic rings. The second kappa shape index (κ2) is 6.37. The van der Waals surface area contributed by atoms with Gasteiger partial charge < -0.3 is 9.42 Å². The predicted molar refractivity (Wildman–Crippen MR) is 89.0 cm³/mol. The minimum atomic E-state index is -3.22. The molecule has 1 saturated heterocycles. The highest BCUT2D eigenvalue weighted by molar-refractivity contribution is 7.88. The number of carbonyl (C=O) groups is 1. The summed E-state index contributed by atoms with van der Waals surface area (Å²) < 4.78 is 29.8. The van der Waals surface area contributed by atoms with Crippen molar-refractivity contribution in [3.05, 3.63) is 41.7 Å². The average molecular weight is 349 g/mol. The minimum absolute atomic E-state index is 0.180. The van der Waals surface area contributed by atoms with Crippen LogP contribution in [-0.4, -0.2) is 61.1 Å². The van der Waals surface area contributed by atoms with Crippen LogP contribution in [0.3, 0.4) is 0 Å². The van der Waals surface area contributed by atoms with E-state index in [1.54, 1.807) is 11.8 Å². The average Bonchev–Trinajstić information content (AvgIpc) is 2.96. The molecule has 0 unspecified atom stereocenters. The monoisotopic (exact) mass is 349 g/mol. The molecule has 128 valence electrons. The Morgan fingerprint density at radius 3 is 2.33 bits per heavy atom. The Morgan fingerprint density at radius 1 is 1.12 bits per heavy atom. The zero-order chi connectivity index (χ0) is 17.3. The highest BCUT2D eigenvalue weighted by Gasteiger charge is 2.30. The molecule has 8 heteroatoms. The molecule has 3 rings (SSSR count). The molecule has 7 nitrogen and oxygen atoms in total. The number of hydrogen-bond acceptors (Lipinski definition) is 5. The van der Waals surface area contributed by atoms with Crippen molar-refractivity contribution in [1.82, 2.24) is 14.4 Å². The van der Waals surface area contributed by atoms with E-state index in [-0.39, 0.29) is 5.91 Å². The summed E-state index contributed by atoms with van der Waals surface area (Å²) in [6.45, 7) is 3.01. The molecule has 24 heavy (non-hydrogen) atoms. The number of nitrogens with zero attached hydrogens (tertiary/aromatic N) is 3. The quantitative estimate of drug-likeness (QED) is 0.836. The number of amides is 1. The van der Waals surface area contributed by atoms with Gasteiger partial charge in [-0.2, -0.15) is 4.31 Å². The van der Waals surface area contributed by atoms with Crippen LogP contribution in [0.15, 0.2) is 34.9 Å². The van der Waals surface area contributed by atoms with Crippen LogP contribution in [0, 0.1) is 6.92 Å². The number of piperazine rings is 1. The van der Waals surface area contributed by atoms with Crippen LogP contribution in [0.4, 0.5) is 0 Å². The zero-order valence-electron chi connectivity index (χ0n) is 13.6. The highest BCUT2D eigenvalue weighted by atomic mass is 32.2. The van der Waals surface area contributed by atoms with E-state index in [0.717, 1.165) is 5.56 Å². The van der Waals surface area contributed by atoms with Crippen molar-refractivity contribution < 1.29 is 17.7 Å². The van der Waals surface area contributed by atoms with E-state index in [2.05, 4.69) is 5.16 Å². The SMILES string of the molecule is Cc1onc(-c2ccccc2)c1C(=O)N1CCN(S(C)(=O)=O)CC1. The summed E-state index contributed by atoms with van der Waals surface area (Å²) in [5.41, 5.74) is 1.77. The number of sulfonamides is 1. The molecule has 1 aliphatic rings. The Bertz CT molecular complexity index is 837. The van der Waals surface area contributed by atoms with Crippen molar-refractivity contribution >= 4 is 15.9 Å². The van der Waals surface area contributed by atoms with Crippen LogP contribution in [-0.2, 0) is 10.0 Å². The third-order valence-electron chi connectivity index (χ3n) is 4.12. The Kier molecular flexibility index (Phi) is 4.42. The standard InChI is InChI=1S/C16H19N3O4S/c1-12-14(15(17-23-12)13-6-4-3-5-7-13)16(20)18-8-10-19(11-9-18)24(2,21)22/h3-7H,8-11H2,1-2H3. The van der Waals surface area contributed by atoms with Gasteiger partial charge in [0.05, 0.1) is 6.26 Å². The first-order valence-electron chi connectivity index (χ1n) is 7.64. The maximum absolute atomic E-state index is 12.9. The van der Waals surface area contributed by atoms with Gasteiger partial charge in [-0.05, 0) is 6.92 Å². The third kappa shape index (κ3) is 3.20. The van der Waals surface area contributed by atoms with Gasteiger partial charge in [0, 0.05) is 31.7 Å². The van der Waals surface area contributed by atoms with Crippen molar-refractivity contribution in [1.29, 1.82) is 0 Å². The third-order valence-corrected chi connectivity index (χ3v) is 5.42. The maximum atomic E-state index is 12.9. The minimum Gasteiger partial charge on any atom is -0.360 e. The van der Waals surface area contributed by atoms with Gasteiger partial charge in [-0.3, -0.25) is 4.79 Å². The van der Waals surface area contributed by atoms with Gasteiger partial charge in [-0.25, -0.2) is 8.42 Å². The summed E-state index contributed by atoms with van der Waals surface area (Å²) in [7, 11) is -3.22. The molecule has 1 aromatic heterocycles. The number of benzene rings is 1. The van der Waals surface area contributed by atoms with Crippen LogP contribution in [0.2, 0.25) is 0 Å². The topological polar surface area (TPSA) is 83.7 Å². The van der Waals surface area contributed by atoms with Gasteiger partial charge in [0.2, 0.25) is 10.0 Å². The molecule has 0 radical (unpaired) electrons. The summed E-state index contributed by atoms with van der Waals surface area (Å²) in [6, 6.07) is 9.38. The Balaban J connectivity index is 1.83. The molecule has 0 atom stereocenters. The number of rotatable bonds is 3. The van der Waals surface area contributed by atoms with Crippen molar-refractivity contribution in [3.8, 4) is 11.3 Å². The fourth-order valence-corrected chi connectivity index (χ4v) is 3.62. The number of carbonyl (C=O) groups excluding carboxylic acids is 1. The Morgan fingerprint density at radius 2 is 1.75 bits per heavy atom. The smallest absolute Gasteiger partial charge is 0.259 e. The molecule has 1 aliphatic heterocycles. The fraction of sp³-hybridized carbons (Fsp3) is 0.375. The molecule has 0 saturated carbocycles. The van der Waals surface area contributed by atoms with Crippen molar-refractivity contribution in [2.24, 2.45) is 0 Å². The molecule has 0 spiro atoms. The first-order chi connectivity index (χ1) is 11.4. The molecule has 1 amide bonds. The van der Waals surface area contributed by atoms with E-state index in [4.69, 9.17) is 4.52 Å². The first-order valence-corrected chi connectivity index (χ1v) is 9.49. The lowest BCUT2D eigenvalue weighted by molar-refractivity contribution is 0.0697. The van der Waals surface area contributed by atoms with E-state index in [1.165, 1.54) is 10.6 Å². The Labute approximate surface area is 140 Å². The lowest BCUT2D eigenvalue weighted by atomic mass is 10.0. The Hall–Kier alpha value is -2.19. The second-order valence-corrected chi connectivity index (χ2v) is 7.77. The molecule has 0 bridgehead atoms. The van der Waals surface area contributed by atoms with E-state index in [1.807, 2.05) is 30.3 Å². The van der Waals surface area contributed by atoms with Gasteiger partial charge in [-0.15, -0.1) is 0 Å². The van der Waals surface area contributed by atoms with E-state index < -0.39 is 10.0 Å². The molecule has 1 fully saturated rings. The summed E-state index contributed by atoms with van der Waals surface area (Å²) in [4.78, 5) is 14.5. The maximum Gasteiger partial charge on any atom is 0.259 e. The van der Waals surface area contributed by atoms with Gasteiger partial charge in [0.15, 0.2) is 0 Å². The van der Waals surface area contributed by atoms with Gasteiger partial charge in [-0.1, -0.05) is 35.5 Å². The van der Waals surface area contributed by atoms with Crippen LogP contribution < -0.4 is 0 Å². The van der Waals surface area contributed by atoms with Gasteiger partial charge in [0.25, 0.3) is 5.91 Å². The number of aromatic nitrogens is 1. The van der Waals surface area contributed by atoms with Crippen LogP contribution >= 0.6 is 0 Å². The molecule has 0 N–H and O–H groups in total. The lowest BCUT2D eigenvalue weighted by Crippen LogP contribution is -2.50. The van der Waals surface area contributed by atoms with E-state index in [9.17, 15) is 13.2 Å². The van der Waals surface area contributed by atoms with E-state index in [0.29, 0.717) is 43.2 Å². The van der Waals surface area contributed by atoms with E-state index >= 15 is 0 Å². The summed E-state index contributed by atoms with van der Waals surface area (Å²) in [6.07, 6.45) is 1.18. The number of aryl methyl sites for hydroxylation is 1. The molecule has 2 heterocycles. The molecular weight excluding hydrogens is 330 g/mol. The van der Waals surface area contributed by atoms with Gasteiger partial charge >= 0.3 is 0 Å². The molecule has 0 aliphatic carbocycles. The highest BCUT2D eigenvalue weighted by Crippen LogP contribution is 2.26. The van der Waals surface area contributed by atoms with Gasteiger partial charge in [0.1, 0.15) is 17.0 Å². The van der Waals surface area contributed by atoms with Crippen molar-refractivity contribution in [2.45, 2.75) is 6.92 Å². The van der Waals surface area contributed by atoms with Crippen LogP contribution in [0.25, 0.3) is 11.3 Å². The first kappa shape index (κ1) is 16.7. The van der Waals surface area contributed by atoms with Crippen LogP contribution in [0.5, 0.6) is 0 Å². The zero-order valence-corrected chi connectivity index (χ0v) is 14.4. The lowest BCUT2D eigenvalue weighted by Gasteiger charge is -2.33. The van der Waals surface area contributed by atoms with Crippen LogP contribution in [0.1, 0.15) is 16.1 Å². The van der Waals surface area contributed by atoms with Crippen molar-refractivity contribution in [3.63, 3.8) is 0 Å². The second-order valence-electron chi connectivity index (χ2n) is 5.78. The van der Waals surface area contributed by atoms with Crippen molar-refractivity contribution in [2.75, 3.05) is 32.4 Å². The number of hydrogen-bond donors (Lipinski definition) is 0. The largest absolute Gasteiger partial charge is 0.360 e. The summed E-state index contributed by atoms with van der Waals surface area (Å²) >= 11 is 0. The molecular formula is C16H19N3O4S. The summed E-state index contributed by atoms with van der Waals surface area (Å²) in [5, 5.41) is 4.03.